The Morgan fingerprint density at radius 1 is 0.587 bits per heavy atom. The van der Waals surface area contributed by atoms with Crippen molar-refractivity contribution in [1.29, 1.82) is 0 Å². The van der Waals surface area contributed by atoms with Gasteiger partial charge < -0.3 is 10.2 Å². The molecule has 252 valence electrons. The first-order chi connectivity index (χ1) is 20.7. The van der Waals surface area contributed by atoms with Crippen molar-refractivity contribution in [1.82, 2.24) is 0 Å². The fourth-order valence-corrected chi connectivity index (χ4v) is 5.49. The van der Waals surface area contributed by atoms with Crippen molar-refractivity contribution in [2.24, 2.45) is 4.99 Å². The molecule has 0 bridgehead atoms. The number of phenols is 1. The lowest BCUT2D eigenvalue weighted by molar-refractivity contribution is -0.137. The Kier molecular flexibility index (Phi) is 10.1. The largest absolute Gasteiger partial charge is 0.507 e. The molecule has 2 N–H and O–H groups in total. The highest BCUT2D eigenvalue weighted by atomic mass is 19.4. The van der Waals surface area contributed by atoms with Gasteiger partial charge in [-0.1, -0.05) is 126 Å². The highest BCUT2D eigenvalue weighted by Gasteiger charge is 2.42. The van der Waals surface area contributed by atoms with Gasteiger partial charge in [0.25, 0.3) is 0 Å². The van der Waals surface area contributed by atoms with E-state index in [1.54, 1.807) is 0 Å². The minimum absolute atomic E-state index is 0.0618. The van der Waals surface area contributed by atoms with Crippen LogP contribution in [0.15, 0.2) is 59.6 Å². The first-order valence-corrected chi connectivity index (χ1v) is 16.2. The third kappa shape index (κ3) is 8.23. The second-order valence-electron chi connectivity index (χ2n) is 16.8. The van der Waals surface area contributed by atoms with Crippen molar-refractivity contribution in [3.05, 3.63) is 99.1 Å². The summed E-state index contributed by atoms with van der Waals surface area (Å²) >= 11 is 0. The van der Waals surface area contributed by atoms with E-state index in [0.29, 0.717) is 17.5 Å². The third-order valence-electron chi connectivity index (χ3n) is 8.83. The summed E-state index contributed by atoms with van der Waals surface area (Å²) < 4.78 is 40.7. The van der Waals surface area contributed by atoms with Gasteiger partial charge in [0.2, 0.25) is 0 Å². The molecule has 0 fully saturated rings. The highest BCUT2D eigenvalue weighted by molar-refractivity contribution is 5.84. The van der Waals surface area contributed by atoms with Gasteiger partial charge in [-0.05, 0) is 79.7 Å². The van der Waals surface area contributed by atoms with E-state index in [-0.39, 0.29) is 33.0 Å². The molecular weight excluding hydrogens is 583 g/mol. The van der Waals surface area contributed by atoms with Crippen molar-refractivity contribution in [2.75, 3.05) is 0 Å². The number of phenolic OH excluding ortho intramolecular Hbond substituents is 1. The van der Waals surface area contributed by atoms with Crippen LogP contribution in [0, 0.1) is 0 Å². The fourth-order valence-electron chi connectivity index (χ4n) is 5.49. The maximum absolute atomic E-state index is 13.6. The molecule has 0 aliphatic rings. The van der Waals surface area contributed by atoms with Crippen LogP contribution in [0.1, 0.15) is 141 Å². The molecule has 3 nitrogen and oxygen atoms in total. The summed E-state index contributed by atoms with van der Waals surface area (Å²) in [7, 11) is 0. The summed E-state index contributed by atoms with van der Waals surface area (Å²) in [5.41, 5.74) is 2.08. The molecule has 0 aliphatic carbocycles. The van der Waals surface area contributed by atoms with Crippen molar-refractivity contribution in [3.8, 4) is 5.75 Å². The van der Waals surface area contributed by atoms with Crippen LogP contribution in [-0.4, -0.2) is 22.5 Å². The van der Waals surface area contributed by atoms with Gasteiger partial charge in [-0.25, -0.2) is 0 Å². The summed E-state index contributed by atoms with van der Waals surface area (Å²) in [6, 6.07) is 14.6. The first kappa shape index (κ1) is 37.3. The van der Waals surface area contributed by atoms with E-state index >= 15 is 0 Å². The third-order valence-corrected chi connectivity index (χ3v) is 8.83. The van der Waals surface area contributed by atoms with Crippen molar-refractivity contribution < 1.29 is 23.4 Å². The molecule has 0 heterocycles. The van der Waals surface area contributed by atoms with Crippen LogP contribution in [0.3, 0.4) is 0 Å². The van der Waals surface area contributed by atoms with Gasteiger partial charge in [0, 0.05) is 11.8 Å². The van der Waals surface area contributed by atoms with E-state index in [1.807, 2.05) is 6.92 Å². The monoisotopic (exact) mass is 637 g/mol. The van der Waals surface area contributed by atoms with E-state index in [4.69, 9.17) is 4.99 Å². The molecule has 0 saturated carbocycles. The Balaban J connectivity index is 2.48. The second kappa shape index (κ2) is 12.5. The number of hydrogen-bond donors (Lipinski definition) is 2. The molecular formula is C40H54F3NO2. The molecule has 0 spiro atoms. The van der Waals surface area contributed by atoms with Gasteiger partial charge >= 0.3 is 6.18 Å². The number of aliphatic imine (C=N–C) groups is 1. The topological polar surface area (TPSA) is 52.8 Å². The summed E-state index contributed by atoms with van der Waals surface area (Å²) in [4.78, 5) is 4.79. The fraction of sp³-hybridized carbons (Fsp3) is 0.525. The molecule has 3 aromatic rings. The zero-order valence-corrected chi connectivity index (χ0v) is 30.0. The molecule has 3 rings (SSSR count). The lowest BCUT2D eigenvalue weighted by atomic mass is 9.71. The number of rotatable bonds is 6. The molecule has 3 aromatic carbocycles. The normalized spacial score (nSPS) is 14.6. The molecule has 0 radical (unpaired) electrons. The predicted molar refractivity (Wildman–Crippen MR) is 185 cm³/mol. The van der Waals surface area contributed by atoms with E-state index < -0.39 is 23.4 Å². The minimum Gasteiger partial charge on any atom is -0.507 e. The number of halogens is 3. The summed E-state index contributed by atoms with van der Waals surface area (Å²) in [5, 5.41) is 23.9. The van der Waals surface area contributed by atoms with Gasteiger partial charge in [-0.15, -0.1) is 0 Å². The van der Waals surface area contributed by atoms with Gasteiger partial charge in [0.15, 0.2) is 0 Å². The Morgan fingerprint density at radius 3 is 1.24 bits per heavy atom. The van der Waals surface area contributed by atoms with Crippen molar-refractivity contribution >= 4 is 6.21 Å². The molecule has 0 saturated heterocycles. The van der Waals surface area contributed by atoms with Gasteiger partial charge in [-0.2, -0.15) is 13.2 Å². The van der Waals surface area contributed by atoms with Crippen LogP contribution in [0.5, 0.6) is 5.75 Å². The number of aromatic hydroxyl groups is 1. The number of nitrogens with zero attached hydrogens (tertiary/aromatic N) is 1. The average Bonchev–Trinajstić information content (AvgIpc) is 2.91. The second-order valence-corrected chi connectivity index (χ2v) is 16.8. The Bertz CT molecular complexity index is 1430. The van der Waals surface area contributed by atoms with Gasteiger partial charge in [0.1, 0.15) is 11.4 Å². The molecule has 6 heteroatoms. The van der Waals surface area contributed by atoms with Gasteiger partial charge in [0.05, 0.1) is 11.6 Å². The van der Waals surface area contributed by atoms with Crippen LogP contribution in [0.25, 0.3) is 0 Å². The van der Waals surface area contributed by atoms with Crippen LogP contribution >= 0.6 is 0 Å². The molecule has 0 aliphatic heterocycles. The molecule has 1 atom stereocenters. The number of alkyl halides is 3. The van der Waals surface area contributed by atoms with Crippen LogP contribution in [-0.2, 0) is 33.4 Å². The Hall–Kier alpha value is -3.12. The maximum Gasteiger partial charge on any atom is 0.416 e. The van der Waals surface area contributed by atoms with Gasteiger partial charge in [-0.3, -0.25) is 4.99 Å². The zero-order chi connectivity index (χ0) is 35.3. The quantitative estimate of drug-likeness (QED) is 0.264. The maximum atomic E-state index is 13.6. The Labute approximate surface area is 275 Å². The van der Waals surface area contributed by atoms with E-state index in [2.05, 4.69) is 119 Å². The highest BCUT2D eigenvalue weighted by Crippen LogP contribution is 2.43. The minimum atomic E-state index is -4.57. The van der Waals surface area contributed by atoms with Crippen molar-refractivity contribution in [2.45, 2.75) is 136 Å². The summed E-state index contributed by atoms with van der Waals surface area (Å²) in [6.45, 7) is 27.6. The number of aliphatic hydroxyl groups is 1. The predicted octanol–water partition coefficient (Wildman–Crippen LogP) is 10.7. The zero-order valence-electron chi connectivity index (χ0n) is 30.0. The SMILES string of the molecule is CCC(N=Cc1cc(C(F)(F)F)ccc1O)C(O)(c1cc(C(C)(C)C)cc(C(C)(C)C)c1)c1cc(C(C)(C)C)cc(C(C)(C)C)c1. The van der Waals surface area contributed by atoms with Crippen LogP contribution < -0.4 is 0 Å². The average molecular weight is 638 g/mol. The van der Waals surface area contributed by atoms with E-state index in [1.165, 1.54) is 6.21 Å². The Morgan fingerprint density at radius 2 is 0.935 bits per heavy atom. The van der Waals surface area contributed by atoms with Crippen LogP contribution in [0.4, 0.5) is 13.2 Å². The summed E-state index contributed by atoms with van der Waals surface area (Å²) in [6.07, 6.45) is -2.93. The molecule has 46 heavy (non-hydrogen) atoms. The van der Waals surface area contributed by atoms with Crippen LogP contribution in [0.2, 0.25) is 0 Å². The first-order valence-electron chi connectivity index (χ1n) is 16.2. The number of hydrogen-bond acceptors (Lipinski definition) is 3. The van der Waals surface area contributed by atoms with E-state index in [0.717, 1.165) is 40.5 Å². The lowest BCUT2D eigenvalue weighted by Gasteiger charge is -2.39. The van der Waals surface area contributed by atoms with E-state index in [9.17, 15) is 23.4 Å². The molecule has 1 unspecified atom stereocenters. The lowest BCUT2D eigenvalue weighted by Crippen LogP contribution is -2.41. The number of benzene rings is 3. The van der Waals surface area contributed by atoms with Crippen molar-refractivity contribution in [3.63, 3.8) is 0 Å². The smallest absolute Gasteiger partial charge is 0.416 e. The molecule has 0 amide bonds. The summed E-state index contributed by atoms with van der Waals surface area (Å²) in [5.74, 6) is -0.315. The standard InChI is InChI=1S/C40H54F3NO2/c1-14-34(44-24-25-17-26(40(41,42)43)15-16-33(25)45)39(46,31-20-27(35(2,3)4)18-28(21-31)36(5,6)7)32-22-29(37(8,9)10)19-30(23-32)38(11,12)13/h15-24,34,45-46H,14H2,1-13H3. The molecule has 0 aromatic heterocycles.